The van der Waals surface area contributed by atoms with E-state index in [1.807, 2.05) is 19.1 Å². The first-order chi connectivity index (χ1) is 15.7. The van der Waals surface area contributed by atoms with Gasteiger partial charge in [-0.1, -0.05) is 12.1 Å². The zero-order valence-electron chi connectivity index (χ0n) is 17.8. The molecule has 0 spiro atoms. The molecular weight excluding hydrogens is 471 g/mol. The minimum Gasteiger partial charge on any atom is -0.482 e. The van der Waals surface area contributed by atoms with Gasteiger partial charge in [0.05, 0.1) is 11.3 Å². The first-order valence-corrected chi connectivity index (χ1v) is 12.3. The summed E-state index contributed by atoms with van der Waals surface area (Å²) in [5.41, 5.74) is 1.99. The van der Waals surface area contributed by atoms with Gasteiger partial charge in [0, 0.05) is 27.0 Å². The largest absolute Gasteiger partial charge is 0.482 e. The van der Waals surface area contributed by atoms with Crippen molar-refractivity contribution in [2.75, 3.05) is 12.4 Å². The molecule has 0 amide bonds. The fraction of sp³-hybridized carbons (Fsp3) is 0.333. The number of thiazole rings is 1. The normalized spacial score (nSPS) is 15.8. The number of benzene rings is 2. The van der Waals surface area contributed by atoms with Gasteiger partial charge in [0.1, 0.15) is 10.8 Å². The molecule has 33 heavy (non-hydrogen) atoms. The van der Waals surface area contributed by atoms with E-state index in [1.54, 1.807) is 29.2 Å². The van der Waals surface area contributed by atoms with Crippen molar-refractivity contribution < 1.29 is 27.8 Å². The van der Waals surface area contributed by atoms with Crippen LogP contribution in [0.25, 0.3) is 10.6 Å². The fourth-order valence-electron chi connectivity index (χ4n) is 3.80. The highest BCUT2D eigenvalue weighted by atomic mass is 32.2. The van der Waals surface area contributed by atoms with Crippen molar-refractivity contribution in [3.63, 3.8) is 0 Å². The topological polar surface area (TPSA) is 59.4 Å². The van der Waals surface area contributed by atoms with Gasteiger partial charge in [0.15, 0.2) is 6.61 Å². The second-order valence-corrected chi connectivity index (χ2v) is 10.1. The first-order valence-electron chi connectivity index (χ1n) is 10.5. The number of nitrogens with zero attached hydrogens (tertiary/aromatic N) is 1. The molecule has 4 nitrogen and oxygen atoms in total. The molecule has 0 aliphatic heterocycles. The molecule has 3 aromatic rings. The molecule has 0 bridgehead atoms. The Bertz CT molecular complexity index is 1140. The number of aliphatic carboxylic acids is 1. The van der Waals surface area contributed by atoms with E-state index >= 15 is 0 Å². The van der Waals surface area contributed by atoms with Crippen LogP contribution in [-0.2, 0) is 17.4 Å². The molecule has 1 atom stereocenters. The predicted octanol–water partition coefficient (Wildman–Crippen LogP) is 6.81. The van der Waals surface area contributed by atoms with Crippen LogP contribution in [-0.4, -0.2) is 28.4 Å². The predicted molar refractivity (Wildman–Crippen MR) is 123 cm³/mol. The maximum absolute atomic E-state index is 12.9. The third-order valence-electron chi connectivity index (χ3n) is 5.48. The summed E-state index contributed by atoms with van der Waals surface area (Å²) in [5.74, 6) is 0.668. The van der Waals surface area contributed by atoms with Crippen LogP contribution < -0.4 is 4.74 Å². The summed E-state index contributed by atoms with van der Waals surface area (Å²) >= 11 is 3.29. The van der Waals surface area contributed by atoms with Gasteiger partial charge in [-0.05, 0) is 62.1 Å². The van der Waals surface area contributed by atoms with E-state index in [1.165, 1.54) is 17.0 Å². The van der Waals surface area contributed by atoms with Crippen molar-refractivity contribution in [2.24, 2.45) is 0 Å². The van der Waals surface area contributed by atoms with E-state index in [2.05, 4.69) is 0 Å². The Kier molecular flexibility index (Phi) is 6.99. The molecule has 0 unspecified atom stereocenters. The maximum Gasteiger partial charge on any atom is 0.416 e. The molecule has 9 heteroatoms. The van der Waals surface area contributed by atoms with Crippen molar-refractivity contribution in [1.29, 1.82) is 0 Å². The highest BCUT2D eigenvalue weighted by molar-refractivity contribution is 7.99. The fourth-order valence-corrected chi connectivity index (χ4v) is 6.14. The Morgan fingerprint density at radius 3 is 2.67 bits per heavy atom. The van der Waals surface area contributed by atoms with E-state index in [0.717, 1.165) is 58.3 Å². The van der Waals surface area contributed by atoms with Gasteiger partial charge < -0.3 is 9.84 Å². The lowest BCUT2D eigenvalue weighted by Crippen LogP contribution is -2.11. The van der Waals surface area contributed by atoms with Crippen molar-refractivity contribution in [3.8, 4) is 16.3 Å². The lowest BCUT2D eigenvalue weighted by atomic mass is 9.93. The molecular formula is C24H22F3NO3S2. The molecule has 1 N–H and O–H groups in total. The van der Waals surface area contributed by atoms with Gasteiger partial charge >= 0.3 is 12.1 Å². The average Bonchev–Trinajstić information content (AvgIpc) is 3.21. The van der Waals surface area contributed by atoms with Gasteiger partial charge in [-0.25, -0.2) is 9.78 Å². The first kappa shape index (κ1) is 23.6. The van der Waals surface area contributed by atoms with Crippen LogP contribution in [0.15, 0.2) is 47.4 Å². The van der Waals surface area contributed by atoms with Crippen LogP contribution in [0.4, 0.5) is 13.2 Å². The lowest BCUT2D eigenvalue weighted by Gasteiger charge is -2.20. The number of alkyl halides is 3. The molecule has 1 heterocycles. The number of carbonyl (C=O) groups is 1. The third kappa shape index (κ3) is 5.70. The molecule has 0 saturated carbocycles. The van der Waals surface area contributed by atoms with E-state index in [4.69, 9.17) is 14.8 Å². The van der Waals surface area contributed by atoms with Crippen molar-refractivity contribution in [2.45, 2.75) is 43.2 Å². The monoisotopic (exact) mass is 493 g/mol. The van der Waals surface area contributed by atoms with Crippen LogP contribution in [0, 0.1) is 6.92 Å². The number of fused-ring (bicyclic) bond motifs is 1. The van der Waals surface area contributed by atoms with Gasteiger partial charge in [-0.2, -0.15) is 13.2 Å². The Balaban J connectivity index is 1.45. The highest BCUT2D eigenvalue weighted by Crippen LogP contribution is 2.41. The van der Waals surface area contributed by atoms with E-state index < -0.39 is 17.7 Å². The number of halogens is 3. The Hall–Kier alpha value is -2.52. The van der Waals surface area contributed by atoms with Gasteiger partial charge in [-0.3, -0.25) is 0 Å². The summed E-state index contributed by atoms with van der Waals surface area (Å²) in [6.07, 6.45) is -1.31. The number of hydrogen-bond donors (Lipinski definition) is 1. The number of aryl methyl sites for hydroxylation is 2. The van der Waals surface area contributed by atoms with Crippen LogP contribution in [0.2, 0.25) is 0 Å². The molecule has 2 aromatic carbocycles. The standard InChI is InChI=1S/C24H22F3NO3S2/c1-14-11-18(9-10-19(14)31-12-21(29)30)32-13-16-3-2-4-20-22(16)28-23(33-20)15-5-7-17(8-6-15)24(25,26)27/h5-11,16H,2-4,12-13H2,1H3,(H,29,30)/t16-/m0/s1. The van der Waals surface area contributed by atoms with Crippen molar-refractivity contribution in [1.82, 2.24) is 4.98 Å². The van der Waals surface area contributed by atoms with Crippen molar-refractivity contribution >= 4 is 29.1 Å². The number of hydrogen-bond acceptors (Lipinski definition) is 5. The summed E-state index contributed by atoms with van der Waals surface area (Å²) in [7, 11) is 0. The zero-order chi connectivity index (χ0) is 23.6. The second-order valence-electron chi connectivity index (χ2n) is 7.91. The molecule has 4 rings (SSSR count). The molecule has 0 saturated heterocycles. The second kappa shape index (κ2) is 9.77. The Labute approximate surface area is 197 Å². The van der Waals surface area contributed by atoms with E-state index in [9.17, 15) is 18.0 Å². The summed E-state index contributed by atoms with van der Waals surface area (Å²) in [6.45, 7) is 1.51. The number of thioether (sulfide) groups is 1. The molecule has 1 aliphatic rings. The number of ether oxygens (including phenoxy) is 1. The quantitative estimate of drug-likeness (QED) is 0.366. The maximum atomic E-state index is 12.9. The number of rotatable bonds is 7. The van der Waals surface area contributed by atoms with Crippen LogP contribution in [0.5, 0.6) is 5.75 Å². The lowest BCUT2D eigenvalue weighted by molar-refractivity contribution is -0.139. The summed E-state index contributed by atoms with van der Waals surface area (Å²) in [6, 6.07) is 10.9. The van der Waals surface area contributed by atoms with Crippen LogP contribution in [0.3, 0.4) is 0 Å². The summed E-state index contributed by atoms with van der Waals surface area (Å²) < 4.78 is 43.9. The third-order valence-corrected chi connectivity index (χ3v) is 7.81. The average molecular weight is 494 g/mol. The highest BCUT2D eigenvalue weighted by Gasteiger charge is 2.30. The van der Waals surface area contributed by atoms with Crippen LogP contribution >= 0.6 is 23.1 Å². The van der Waals surface area contributed by atoms with Gasteiger partial charge in [-0.15, -0.1) is 23.1 Å². The minimum absolute atomic E-state index is 0.279. The SMILES string of the molecule is Cc1cc(SC[C@@H]2CCCc3sc(-c4ccc(C(F)(F)F)cc4)nc32)ccc1OCC(=O)O. The molecule has 0 radical (unpaired) electrons. The zero-order valence-corrected chi connectivity index (χ0v) is 19.4. The minimum atomic E-state index is -4.35. The summed E-state index contributed by atoms with van der Waals surface area (Å²) in [5, 5.41) is 9.53. The van der Waals surface area contributed by atoms with Gasteiger partial charge in [0.25, 0.3) is 0 Å². The molecule has 0 fully saturated rings. The molecule has 1 aromatic heterocycles. The molecule has 174 valence electrons. The number of carboxylic acids is 1. The number of aromatic nitrogens is 1. The van der Waals surface area contributed by atoms with Crippen LogP contribution in [0.1, 0.15) is 40.5 Å². The van der Waals surface area contributed by atoms with E-state index in [0.29, 0.717) is 11.3 Å². The van der Waals surface area contributed by atoms with E-state index in [-0.39, 0.29) is 12.5 Å². The Morgan fingerprint density at radius 1 is 1.24 bits per heavy atom. The number of carboxylic acid groups (broad SMARTS) is 1. The molecule has 1 aliphatic carbocycles. The summed E-state index contributed by atoms with van der Waals surface area (Å²) in [4.78, 5) is 17.8. The smallest absolute Gasteiger partial charge is 0.416 e. The van der Waals surface area contributed by atoms with Crippen molar-refractivity contribution in [3.05, 3.63) is 64.2 Å². The van der Waals surface area contributed by atoms with Gasteiger partial charge in [0.2, 0.25) is 0 Å². The Morgan fingerprint density at radius 2 is 2.00 bits per heavy atom.